The minimum atomic E-state index is 0.356. The van der Waals surface area contributed by atoms with Crippen molar-refractivity contribution in [2.24, 2.45) is 5.10 Å². The molecule has 106 valence electrons. The van der Waals surface area contributed by atoms with Crippen molar-refractivity contribution in [1.82, 2.24) is 10.2 Å². The number of hydrazone groups is 1. The van der Waals surface area contributed by atoms with Crippen molar-refractivity contribution in [3.05, 3.63) is 76.9 Å². The van der Waals surface area contributed by atoms with Gasteiger partial charge in [-0.15, -0.1) is 10.2 Å². The summed E-state index contributed by atoms with van der Waals surface area (Å²) in [7, 11) is 0. The molecule has 2 aromatic carbocycles. The average molecular weight is 307 g/mol. The highest BCUT2D eigenvalue weighted by molar-refractivity contribution is 6.29. The van der Waals surface area contributed by atoms with Gasteiger partial charge in [-0.1, -0.05) is 60.1 Å². The summed E-state index contributed by atoms with van der Waals surface area (Å²) in [6.07, 6.45) is 0. The smallest absolute Gasteiger partial charge is 0.168 e. The van der Waals surface area contributed by atoms with Gasteiger partial charge in [-0.25, -0.2) is 0 Å². The maximum atomic E-state index is 5.74. The summed E-state index contributed by atoms with van der Waals surface area (Å²) < 4.78 is 0. The van der Waals surface area contributed by atoms with Crippen LogP contribution in [0.1, 0.15) is 11.1 Å². The van der Waals surface area contributed by atoms with E-state index in [1.54, 1.807) is 12.1 Å². The number of nitrogens with zero attached hydrogens (tertiary/aromatic N) is 3. The molecule has 0 unspecified atom stereocenters. The lowest BCUT2D eigenvalue weighted by Gasteiger charge is -2.03. The van der Waals surface area contributed by atoms with E-state index in [2.05, 4.69) is 45.0 Å². The Morgan fingerprint density at radius 1 is 0.727 bits per heavy atom. The molecule has 3 aromatic rings. The van der Waals surface area contributed by atoms with E-state index < -0.39 is 0 Å². The predicted molar refractivity (Wildman–Crippen MR) is 88.2 cm³/mol. The van der Waals surface area contributed by atoms with Crippen LogP contribution in [0.25, 0.3) is 11.1 Å². The summed E-state index contributed by atoms with van der Waals surface area (Å²) in [5, 5.41) is 12.6. The number of nitrogens with one attached hydrogen (secondary N) is 1. The lowest BCUT2D eigenvalue weighted by atomic mass is 10.1. The second kappa shape index (κ2) is 5.24. The molecule has 0 bridgehead atoms. The standard InChI is InChI=1S/C17H11ClN4/c18-15-9-10-16(20-19-15)21-22-17-13-7-3-1-5-11(13)12-6-2-4-8-14(12)17/h1-10H,(H,20,21). The first-order chi connectivity index (χ1) is 10.8. The number of fused-ring (bicyclic) bond motifs is 3. The Hall–Kier alpha value is -2.72. The molecule has 1 N–H and O–H groups in total. The van der Waals surface area contributed by atoms with Gasteiger partial charge in [0.1, 0.15) is 0 Å². The van der Waals surface area contributed by atoms with Crippen molar-refractivity contribution in [1.29, 1.82) is 0 Å². The third-order valence-corrected chi connectivity index (χ3v) is 3.77. The quantitative estimate of drug-likeness (QED) is 0.570. The van der Waals surface area contributed by atoms with Gasteiger partial charge in [0.15, 0.2) is 11.0 Å². The molecule has 0 radical (unpaired) electrons. The van der Waals surface area contributed by atoms with Crippen molar-refractivity contribution in [2.45, 2.75) is 0 Å². The maximum absolute atomic E-state index is 5.74. The van der Waals surface area contributed by atoms with Gasteiger partial charge in [0.2, 0.25) is 0 Å². The van der Waals surface area contributed by atoms with Gasteiger partial charge in [-0.05, 0) is 23.3 Å². The Morgan fingerprint density at radius 3 is 1.86 bits per heavy atom. The molecule has 4 rings (SSSR count). The Balaban J connectivity index is 1.78. The fourth-order valence-electron chi connectivity index (χ4n) is 2.60. The van der Waals surface area contributed by atoms with E-state index in [4.69, 9.17) is 11.6 Å². The van der Waals surface area contributed by atoms with Crippen molar-refractivity contribution in [2.75, 3.05) is 5.43 Å². The number of hydrogen-bond donors (Lipinski definition) is 1. The van der Waals surface area contributed by atoms with E-state index in [1.165, 1.54) is 11.1 Å². The minimum Gasteiger partial charge on any atom is -0.259 e. The van der Waals surface area contributed by atoms with E-state index >= 15 is 0 Å². The molecule has 0 saturated carbocycles. The summed E-state index contributed by atoms with van der Waals surface area (Å²) >= 11 is 5.74. The zero-order chi connectivity index (χ0) is 14.9. The van der Waals surface area contributed by atoms with Crippen LogP contribution in [0.5, 0.6) is 0 Å². The highest BCUT2D eigenvalue weighted by Crippen LogP contribution is 2.36. The lowest BCUT2D eigenvalue weighted by Crippen LogP contribution is -2.03. The van der Waals surface area contributed by atoms with Gasteiger partial charge in [0.05, 0.1) is 5.71 Å². The molecule has 1 aromatic heterocycles. The van der Waals surface area contributed by atoms with E-state index in [9.17, 15) is 0 Å². The first-order valence-electron chi connectivity index (χ1n) is 6.85. The van der Waals surface area contributed by atoms with Crippen molar-refractivity contribution >= 4 is 23.1 Å². The molecular weight excluding hydrogens is 296 g/mol. The molecule has 5 heteroatoms. The summed E-state index contributed by atoms with van der Waals surface area (Å²) in [6, 6.07) is 19.9. The third-order valence-electron chi connectivity index (χ3n) is 3.57. The monoisotopic (exact) mass is 306 g/mol. The highest BCUT2D eigenvalue weighted by atomic mass is 35.5. The Morgan fingerprint density at radius 2 is 1.32 bits per heavy atom. The number of anilines is 1. The van der Waals surface area contributed by atoms with Gasteiger partial charge in [0, 0.05) is 11.1 Å². The highest BCUT2D eigenvalue weighted by Gasteiger charge is 2.23. The topological polar surface area (TPSA) is 50.2 Å². The van der Waals surface area contributed by atoms with Crippen LogP contribution in [0.4, 0.5) is 5.82 Å². The molecule has 22 heavy (non-hydrogen) atoms. The van der Waals surface area contributed by atoms with Gasteiger partial charge in [-0.3, -0.25) is 5.43 Å². The van der Waals surface area contributed by atoms with Crippen LogP contribution < -0.4 is 5.43 Å². The van der Waals surface area contributed by atoms with Gasteiger partial charge < -0.3 is 0 Å². The van der Waals surface area contributed by atoms with Crippen LogP contribution in [0.2, 0.25) is 5.15 Å². The van der Waals surface area contributed by atoms with Crippen LogP contribution >= 0.6 is 11.6 Å². The molecule has 0 spiro atoms. The minimum absolute atomic E-state index is 0.356. The predicted octanol–water partition coefficient (Wildman–Crippen LogP) is 3.97. The SMILES string of the molecule is Clc1ccc(NN=C2c3ccccc3-c3ccccc32)nn1. The van der Waals surface area contributed by atoms with Gasteiger partial charge in [0.25, 0.3) is 0 Å². The van der Waals surface area contributed by atoms with Gasteiger partial charge in [-0.2, -0.15) is 5.10 Å². The maximum Gasteiger partial charge on any atom is 0.168 e. The molecule has 4 nitrogen and oxygen atoms in total. The normalized spacial score (nSPS) is 11.8. The second-order valence-corrected chi connectivity index (χ2v) is 5.29. The van der Waals surface area contributed by atoms with E-state index in [0.29, 0.717) is 11.0 Å². The molecule has 0 atom stereocenters. The van der Waals surface area contributed by atoms with Crippen molar-refractivity contribution in [3.63, 3.8) is 0 Å². The number of halogens is 1. The molecule has 0 amide bonds. The van der Waals surface area contributed by atoms with Crippen molar-refractivity contribution < 1.29 is 0 Å². The van der Waals surface area contributed by atoms with Crippen LogP contribution in [0, 0.1) is 0 Å². The van der Waals surface area contributed by atoms with Crippen LogP contribution in [0.15, 0.2) is 65.8 Å². The largest absolute Gasteiger partial charge is 0.259 e. The molecule has 0 fully saturated rings. The fraction of sp³-hybridized carbons (Fsp3) is 0. The summed E-state index contributed by atoms with van der Waals surface area (Å²) in [4.78, 5) is 0. The Kier molecular flexibility index (Phi) is 3.09. The molecule has 1 heterocycles. The van der Waals surface area contributed by atoms with Crippen LogP contribution in [0.3, 0.4) is 0 Å². The average Bonchev–Trinajstić information content (AvgIpc) is 2.89. The molecule has 0 aliphatic heterocycles. The molecule has 1 aliphatic rings. The lowest BCUT2D eigenvalue weighted by molar-refractivity contribution is 1.02. The van der Waals surface area contributed by atoms with Crippen LogP contribution in [-0.2, 0) is 0 Å². The zero-order valence-electron chi connectivity index (χ0n) is 11.5. The second-order valence-electron chi connectivity index (χ2n) is 4.90. The summed E-state index contributed by atoms with van der Waals surface area (Å²) in [6.45, 7) is 0. The molecular formula is C17H11ClN4. The number of rotatable bonds is 2. The van der Waals surface area contributed by atoms with Gasteiger partial charge >= 0.3 is 0 Å². The van der Waals surface area contributed by atoms with Crippen LogP contribution in [-0.4, -0.2) is 15.9 Å². The van der Waals surface area contributed by atoms with E-state index in [0.717, 1.165) is 16.8 Å². The van der Waals surface area contributed by atoms with E-state index in [-0.39, 0.29) is 0 Å². The summed E-state index contributed by atoms with van der Waals surface area (Å²) in [5.41, 5.74) is 8.47. The summed E-state index contributed by atoms with van der Waals surface area (Å²) in [5.74, 6) is 0.554. The molecule has 0 saturated heterocycles. The van der Waals surface area contributed by atoms with E-state index in [1.807, 2.05) is 24.3 Å². The number of hydrogen-bond acceptors (Lipinski definition) is 4. The Labute approximate surface area is 132 Å². The first-order valence-corrected chi connectivity index (χ1v) is 7.23. The number of benzene rings is 2. The third kappa shape index (κ3) is 2.14. The first kappa shape index (κ1) is 13.0. The number of aromatic nitrogens is 2. The Bertz CT molecular complexity index is 824. The molecule has 1 aliphatic carbocycles. The van der Waals surface area contributed by atoms with Crippen molar-refractivity contribution in [3.8, 4) is 11.1 Å². The zero-order valence-corrected chi connectivity index (χ0v) is 12.2. The fourth-order valence-corrected chi connectivity index (χ4v) is 2.70.